The number of carbonyl (C=O) groups excluding carboxylic acids is 2. The Bertz CT molecular complexity index is 769. The molecule has 0 heterocycles. The molecule has 0 saturated heterocycles. The van der Waals surface area contributed by atoms with Crippen LogP contribution in [0.4, 0.5) is 11.4 Å². The van der Waals surface area contributed by atoms with Gasteiger partial charge in [0.25, 0.3) is 5.91 Å². The van der Waals surface area contributed by atoms with Crippen LogP contribution in [0.5, 0.6) is 0 Å². The molecule has 0 aromatic heterocycles. The van der Waals surface area contributed by atoms with Crippen LogP contribution in [0, 0.1) is 0 Å². The highest BCUT2D eigenvalue weighted by Crippen LogP contribution is 2.16. The number of halogens is 1. The van der Waals surface area contributed by atoms with Crippen molar-refractivity contribution in [1.29, 1.82) is 0 Å². The molecule has 0 bridgehead atoms. The average molecular weight is 404 g/mol. The molecule has 0 aliphatic heterocycles. The molecule has 0 fully saturated rings. The van der Waals surface area contributed by atoms with E-state index in [1.54, 1.807) is 18.2 Å². The number of anilines is 2. The predicted molar refractivity (Wildman–Crippen MR) is 105 cm³/mol. The monoisotopic (exact) mass is 403 g/mol. The Hall–Kier alpha value is -2.34. The highest BCUT2D eigenvalue weighted by atomic mass is 79.9. The maximum absolute atomic E-state index is 12.2. The standard InChI is InChI=1S/C19H22BrN3O2/c1-19(2,3)23-18(25)13-6-4-8-15(10-13)21-12-17(24)22-16-9-5-7-14(20)11-16/h4-11,21H,12H2,1-3H3,(H,22,24)(H,23,25). The van der Waals surface area contributed by atoms with Gasteiger partial charge in [-0.3, -0.25) is 9.59 Å². The van der Waals surface area contributed by atoms with E-state index in [2.05, 4.69) is 31.9 Å². The first-order valence-electron chi connectivity index (χ1n) is 7.95. The summed E-state index contributed by atoms with van der Waals surface area (Å²) in [7, 11) is 0. The van der Waals surface area contributed by atoms with Crippen molar-refractivity contribution in [3.8, 4) is 0 Å². The molecule has 2 amide bonds. The fourth-order valence-electron chi connectivity index (χ4n) is 2.14. The third kappa shape index (κ3) is 6.58. The molecule has 0 atom stereocenters. The maximum atomic E-state index is 12.2. The Morgan fingerprint density at radius 1 is 1.00 bits per heavy atom. The van der Waals surface area contributed by atoms with Gasteiger partial charge in [0.2, 0.25) is 5.91 Å². The average Bonchev–Trinajstić information content (AvgIpc) is 2.52. The summed E-state index contributed by atoms with van der Waals surface area (Å²) in [6.45, 7) is 5.90. The third-order valence-electron chi connectivity index (χ3n) is 3.17. The van der Waals surface area contributed by atoms with Gasteiger partial charge in [-0.15, -0.1) is 0 Å². The van der Waals surface area contributed by atoms with Crippen LogP contribution >= 0.6 is 15.9 Å². The van der Waals surface area contributed by atoms with E-state index >= 15 is 0 Å². The second-order valence-electron chi connectivity index (χ2n) is 6.70. The molecule has 2 rings (SSSR count). The first kappa shape index (κ1) is 19.0. The predicted octanol–water partition coefficient (Wildman–Crippen LogP) is 4.03. The van der Waals surface area contributed by atoms with Crippen LogP contribution in [0.25, 0.3) is 0 Å². The summed E-state index contributed by atoms with van der Waals surface area (Å²) in [5.74, 6) is -0.308. The molecule has 132 valence electrons. The number of benzene rings is 2. The molecule has 2 aromatic carbocycles. The van der Waals surface area contributed by atoms with Crippen LogP contribution in [0.15, 0.2) is 53.0 Å². The Morgan fingerprint density at radius 3 is 2.36 bits per heavy atom. The zero-order valence-electron chi connectivity index (χ0n) is 14.5. The second kappa shape index (κ2) is 8.16. The topological polar surface area (TPSA) is 70.2 Å². The SMILES string of the molecule is CC(C)(C)NC(=O)c1cccc(NCC(=O)Nc2cccc(Br)c2)c1. The second-order valence-corrected chi connectivity index (χ2v) is 7.61. The van der Waals surface area contributed by atoms with Gasteiger partial charge in [0.1, 0.15) is 0 Å². The maximum Gasteiger partial charge on any atom is 0.251 e. The number of hydrogen-bond donors (Lipinski definition) is 3. The lowest BCUT2D eigenvalue weighted by Crippen LogP contribution is -2.40. The van der Waals surface area contributed by atoms with Gasteiger partial charge in [0.15, 0.2) is 0 Å². The first-order chi connectivity index (χ1) is 11.7. The summed E-state index contributed by atoms with van der Waals surface area (Å²) >= 11 is 3.37. The molecule has 0 radical (unpaired) electrons. The van der Waals surface area contributed by atoms with E-state index in [1.807, 2.05) is 51.1 Å². The molecule has 2 aromatic rings. The highest BCUT2D eigenvalue weighted by Gasteiger charge is 2.15. The van der Waals surface area contributed by atoms with E-state index in [4.69, 9.17) is 0 Å². The van der Waals surface area contributed by atoms with Crippen molar-refractivity contribution in [2.24, 2.45) is 0 Å². The van der Waals surface area contributed by atoms with Crippen molar-refractivity contribution in [2.75, 3.05) is 17.2 Å². The normalized spacial score (nSPS) is 10.9. The van der Waals surface area contributed by atoms with E-state index in [9.17, 15) is 9.59 Å². The van der Waals surface area contributed by atoms with Gasteiger partial charge >= 0.3 is 0 Å². The van der Waals surface area contributed by atoms with Gasteiger partial charge in [-0.05, 0) is 57.2 Å². The van der Waals surface area contributed by atoms with Crippen LogP contribution in [-0.2, 0) is 4.79 Å². The molecule has 0 spiro atoms. The Balaban J connectivity index is 1.93. The molecule has 6 heteroatoms. The van der Waals surface area contributed by atoms with Crippen molar-refractivity contribution in [2.45, 2.75) is 26.3 Å². The van der Waals surface area contributed by atoms with Crippen molar-refractivity contribution in [3.05, 3.63) is 58.6 Å². The Kier molecular flexibility index (Phi) is 6.20. The van der Waals surface area contributed by atoms with E-state index in [1.165, 1.54) is 0 Å². The summed E-state index contributed by atoms with van der Waals surface area (Å²) in [6.07, 6.45) is 0. The smallest absolute Gasteiger partial charge is 0.251 e. The number of carbonyl (C=O) groups is 2. The number of nitrogens with one attached hydrogen (secondary N) is 3. The Labute approximate surface area is 156 Å². The van der Waals surface area contributed by atoms with Gasteiger partial charge in [-0.2, -0.15) is 0 Å². The zero-order valence-corrected chi connectivity index (χ0v) is 16.1. The van der Waals surface area contributed by atoms with Crippen LogP contribution in [-0.4, -0.2) is 23.9 Å². The van der Waals surface area contributed by atoms with Crippen molar-refractivity contribution >= 4 is 39.1 Å². The van der Waals surface area contributed by atoms with E-state index in [0.29, 0.717) is 11.3 Å². The minimum atomic E-state index is -0.301. The van der Waals surface area contributed by atoms with E-state index < -0.39 is 0 Å². The van der Waals surface area contributed by atoms with E-state index in [0.717, 1.165) is 10.2 Å². The fourth-order valence-corrected chi connectivity index (χ4v) is 2.54. The number of hydrogen-bond acceptors (Lipinski definition) is 3. The fraction of sp³-hybridized carbons (Fsp3) is 0.263. The van der Waals surface area contributed by atoms with Crippen molar-refractivity contribution in [3.63, 3.8) is 0 Å². The third-order valence-corrected chi connectivity index (χ3v) is 3.67. The summed E-state index contributed by atoms with van der Waals surface area (Å²) in [5, 5.41) is 8.76. The van der Waals surface area contributed by atoms with Gasteiger partial charge < -0.3 is 16.0 Å². The van der Waals surface area contributed by atoms with Crippen molar-refractivity contribution in [1.82, 2.24) is 5.32 Å². The lowest BCUT2D eigenvalue weighted by molar-refractivity contribution is -0.114. The van der Waals surface area contributed by atoms with Gasteiger partial charge in [0, 0.05) is 26.9 Å². The largest absolute Gasteiger partial charge is 0.376 e. The van der Waals surface area contributed by atoms with Crippen LogP contribution in [0.1, 0.15) is 31.1 Å². The summed E-state index contributed by atoms with van der Waals surface area (Å²) in [4.78, 5) is 24.2. The molecular formula is C19H22BrN3O2. The van der Waals surface area contributed by atoms with Crippen LogP contribution < -0.4 is 16.0 Å². The number of rotatable bonds is 5. The van der Waals surface area contributed by atoms with Gasteiger partial charge in [-0.1, -0.05) is 28.1 Å². The quantitative estimate of drug-likeness (QED) is 0.705. The van der Waals surface area contributed by atoms with Crippen LogP contribution in [0.3, 0.4) is 0 Å². The minimum absolute atomic E-state index is 0.108. The minimum Gasteiger partial charge on any atom is -0.376 e. The Morgan fingerprint density at radius 2 is 1.68 bits per heavy atom. The molecule has 0 aliphatic carbocycles. The molecule has 0 unspecified atom stereocenters. The zero-order chi connectivity index (χ0) is 18.4. The molecule has 0 aliphatic rings. The van der Waals surface area contributed by atoms with Gasteiger partial charge in [-0.25, -0.2) is 0 Å². The molecule has 0 saturated carbocycles. The summed E-state index contributed by atoms with van der Waals surface area (Å²) in [6, 6.07) is 14.5. The van der Waals surface area contributed by atoms with E-state index in [-0.39, 0.29) is 23.9 Å². The van der Waals surface area contributed by atoms with Crippen molar-refractivity contribution < 1.29 is 9.59 Å². The molecule has 5 nitrogen and oxygen atoms in total. The molecular weight excluding hydrogens is 382 g/mol. The lowest BCUT2D eigenvalue weighted by atomic mass is 10.1. The first-order valence-corrected chi connectivity index (χ1v) is 8.74. The molecule has 3 N–H and O–H groups in total. The molecule has 25 heavy (non-hydrogen) atoms. The van der Waals surface area contributed by atoms with Crippen LogP contribution in [0.2, 0.25) is 0 Å². The summed E-state index contributed by atoms with van der Waals surface area (Å²) < 4.78 is 0.899. The van der Waals surface area contributed by atoms with Gasteiger partial charge in [0.05, 0.1) is 6.54 Å². The lowest BCUT2D eigenvalue weighted by Gasteiger charge is -2.20. The summed E-state index contributed by atoms with van der Waals surface area (Å²) in [5.41, 5.74) is 1.68. The number of amides is 2. The highest BCUT2D eigenvalue weighted by molar-refractivity contribution is 9.10.